The van der Waals surface area contributed by atoms with Gasteiger partial charge in [0, 0.05) is 11.7 Å². The molecule has 0 bridgehead atoms. The molecule has 0 aliphatic carbocycles. The third-order valence-electron chi connectivity index (χ3n) is 2.47. The molecule has 2 amide bonds. The minimum absolute atomic E-state index is 0.00533. The summed E-state index contributed by atoms with van der Waals surface area (Å²) >= 11 is 0. The number of rotatable bonds is 3. The van der Waals surface area contributed by atoms with Gasteiger partial charge in [-0.2, -0.15) is 0 Å². The van der Waals surface area contributed by atoms with Crippen molar-refractivity contribution in [2.24, 2.45) is 0 Å². The molecule has 0 saturated carbocycles. The van der Waals surface area contributed by atoms with Gasteiger partial charge >= 0.3 is 11.8 Å². The normalized spacial score (nSPS) is 11.7. The Morgan fingerprint density at radius 1 is 1.29 bits per heavy atom. The van der Waals surface area contributed by atoms with E-state index in [0.29, 0.717) is 5.69 Å². The van der Waals surface area contributed by atoms with Crippen LogP contribution in [0.4, 0.5) is 5.69 Å². The molecule has 4 heteroatoms. The number of carbonyl (C=O) groups excluding carboxylic acids is 2. The zero-order chi connectivity index (χ0) is 12.8. The fourth-order valence-electron chi connectivity index (χ4n) is 1.30. The van der Waals surface area contributed by atoms with Crippen molar-refractivity contribution in [2.75, 3.05) is 5.32 Å². The van der Waals surface area contributed by atoms with E-state index in [1.54, 1.807) is 6.07 Å². The van der Waals surface area contributed by atoms with Gasteiger partial charge < -0.3 is 10.6 Å². The fourth-order valence-corrected chi connectivity index (χ4v) is 1.30. The Bertz CT molecular complexity index is 416. The van der Waals surface area contributed by atoms with E-state index in [2.05, 4.69) is 10.6 Å². The van der Waals surface area contributed by atoms with Gasteiger partial charge in [-0.1, -0.05) is 19.1 Å². The van der Waals surface area contributed by atoms with Crippen LogP contribution in [0, 0.1) is 6.92 Å². The van der Waals surface area contributed by atoms with Crippen LogP contribution in [-0.2, 0) is 9.59 Å². The molecular weight excluding hydrogens is 216 g/mol. The Kier molecular flexibility index (Phi) is 4.69. The first-order valence-corrected chi connectivity index (χ1v) is 5.71. The minimum Gasteiger partial charge on any atom is -0.345 e. The highest BCUT2D eigenvalue weighted by Gasteiger charge is 2.15. The van der Waals surface area contributed by atoms with Crippen LogP contribution in [0.25, 0.3) is 0 Å². The van der Waals surface area contributed by atoms with Crippen LogP contribution in [-0.4, -0.2) is 17.9 Å². The molecule has 0 saturated heterocycles. The third kappa shape index (κ3) is 4.26. The third-order valence-corrected chi connectivity index (χ3v) is 2.47. The second-order valence-corrected chi connectivity index (χ2v) is 4.11. The molecule has 0 radical (unpaired) electrons. The average Bonchev–Trinajstić information content (AvgIpc) is 2.28. The predicted molar refractivity (Wildman–Crippen MR) is 67.7 cm³/mol. The molecule has 1 aromatic rings. The number of nitrogens with one attached hydrogen (secondary N) is 2. The lowest BCUT2D eigenvalue weighted by molar-refractivity contribution is -0.136. The van der Waals surface area contributed by atoms with Crippen molar-refractivity contribution in [1.82, 2.24) is 5.32 Å². The highest BCUT2D eigenvalue weighted by atomic mass is 16.2. The van der Waals surface area contributed by atoms with Crippen LogP contribution in [0.15, 0.2) is 24.3 Å². The molecule has 92 valence electrons. The highest BCUT2D eigenvalue weighted by Crippen LogP contribution is 2.09. The Labute approximate surface area is 101 Å². The topological polar surface area (TPSA) is 58.2 Å². The Morgan fingerprint density at radius 3 is 2.59 bits per heavy atom. The van der Waals surface area contributed by atoms with E-state index in [0.717, 1.165) is 12.0 Å². The smallest absolute Gasteiger partial charge is 0.313 e. The second kappa shape index (κ2) is 6.03. The van der Waals surface area contributed by atoms with Gasteiger partial charge in [-0.05, 0) is 38.0 Å². The summed E-state index contributed by atoms with van der Waals surface area (Å²) in [5, 5.41) is 5.17. The lowest BCUT2D eigenvalue weighted by atomic mass is 10.2. The van der Waals surface area contributed by atoms with E-state index in [9.17, 15) is 9.59 Å². The number of aryl methyl sites for hydroxylation is 1. The maximum absolute atomic E-state index is 11.6. The minimum atomic E-state index is -0.629. The first kappa shape index (κ1) is 13.2. The molecule has 0 aliphatic rings. The average molecular weight is 234 g/mol. The molecule has 1 rings (SSSR count). The Balaban J connectivity index is 2.57. The Hall–Kier alpha value is -1.84. The summed E-state index contributed by atoms with van der Waals surface area (Å²) in [5.41, 5.74) is 1.67. The van der Waals surface area contributed by atoms with E-state index in [-0.39, 0.29) is 6.04 Å². The second-order valence-electron chi connectivity index (χ2n) is 4.11. The molecule has 2 N–H and O–H groups in total. The van der Waals surface area contributed by atoms with Gasteiger partial charge in [0.05, 0.1) is 0 Å². The van der Waals surface area contributed by atoms with Gasteiger partial charge in [0.15, 0.2) is 0 Å². The molecule has 1 aromatic carbocycles. The number of anilines is 1. The molecule has 17 heavy (non-hydrogen) atoms. The lowest BCUT2D eigenvalue weighted by Crippen LogP contribution is -2.40. The number of benzene rings is 1. The lowest BCUT2D eigenvalue weighted by Gasteiger charge is -2.11. The summed E-state index contributed by atoms with van der Waals surface area (Å²) in [6.07, 6.45) is 0.795. The van der Waals surface area contributed by atoms with Gasteiger partial charge in [-0.15, -0.1) is 0 Å². The van der Waals surface area contributed by atoms with E-state index in [1.807, 2.05) is 39.0 Å². The first-order valence-electron chi connectivity index (χ1n) is 5.71. The number of carbonyl (C=O) groups is 2. The van der Waals surface area contributed by atoms with Crippen molar-refractivity contribution in [3.63, 3.8) is 0 Å². The number of hydrogen-bond donors (Lipinski definition) is 2. The number of hydrogen-bond acceptors (Lipinski definition) is 2. The van der Waals surface area contributed by atoms with E-state index in [1.165, 1.54) is 0 Å². The molecule has 0 fully saturated rings. The van der Waals surface area contributed by atoms with Crippen molar-refractivity contribution in [3.8, 4) is 0 Å². The largest absolute Gasteiger partial charge is 0.345 e. The highest BCUT2D eigenvalue weighted by molar-refractivity contribution is 6.39. The summed E-state index contributed by atoms with van der Waals surface area (Å²) in [6, 6.07) is 7.33. The molecule has 0 aromatic heterocycles. The molecule has 0 aliphatic heterocycles. The summed E-state index contributed by atoms with van der Waals surface area (Å²) in [4.78, 5) is 23.0. The van der Waals surface area contributed by atoms with Crippen molar-refractivity contribution < 1.29 is 9.59 Å². The molecule has 1 atom stereocenters. The monoisotopic (exact) mass is 234 g/mol. The van der Waals surface area contributed by atoms with E-state index >= 15 is 0 Å². The van der Waals surface area contributed by atoms with Crippen molar-refractivity contribution in [1.29, 1.82) is 0 Å². The standard InChI is InChI=1S/C13H18N2O2/c1-4-10(3)14-12(16)13(17)15-11-7-5-6-9(2)8-11/h5-8,10H,4H2,1-3H3,(H,14,16)(H,15,17)/t10-/m0/s1. The van der Waals surface area contributed by atoms with Gasteiger partial charge in [0.1, 0.15) is 0 Å². The fraction of sp³-hybridized carbons (Fsp3) is 0.385. The van der Waals surface area contributed by atoms with Crippen molar-refractivity contribution in [2.45, 2.75) is 33.2 Å². The van der Waals surface area contributed by atoms with Crippen LogP contribution in [0.3, 0.4) is 0 Å². The molecule has 0 heterocycles. The Morgan fingerprint density at radius 2 is 2.00 bits per heavy atom. The molecule has 0 spiro atoms. The van der Waals surface area contributed by atoms with Gasteiger partial charge in [0.2, 0.25) is 0 Å². The van der Waals surface area contributed by atoms with Gasteiger partial charge in [-0.3, -0.25) is 9.59 Å². The molecule has 0 unspecified atom stereocenters. The maximum atomic E-state index is 11.6. The van der Waals surface area contributed by atoms with E-state index < -0.39 is 11.8 Å². The SMILES string of the molecule is CC[C@H](C)NC(=O)C(=O)Nc1cccc(C)c1. The maximum Gasteiger partial charge on any atom is 0.313 e. The zero-order valence-corrected chi connectivity index (χ0v) is 10.4. The van der Waals surface area contributed by atoms with E-state index in [4.69, 9.17) is 0 Å². The number of amides is 2. The molecule has 4 nitrogen and oxygen atoms in total. The quantitative estimate of drug-likeness (QED) is 0.784. The predicted octanol–water partition coefficient (Wildman–Crippen LogP) is 1.85. The van der Waals surface area contributed by atoms with Gasteiger partial charge in [0.25, 0.3) is 0 Å². The molecular formula is C13H18N2O2. The van der Waals surface area contributed by atoms with Crippen LogP contribution in [0.2, 0.25) is 0 Å². The van der Waals surface area contributed by atoms with Crippen LogP contribution in [0.5, 0.6) is 0 Å². The van der Waals surface area contributed by atoms with Gasteiger partial charge in [-0.25, -0.2) is 0 Å². The summed E-state index contributed by atoms with van der Waals surface area (Å²) in [5.74, 6) is -1.23. The summed E-state index contributed by atoms with van der Waals surface area (Å²) < 4.78 is 0. The van der Waals surface area contributed by atoms with Crippen molar-refractivity contribution >= 4 is 17.5 Å². The van der Waals surface area contributed by atoms with Crippen LogP contribution < -0.4 is 10.6 Å². The van der Waals surface area contributed by atoms with Crippen molar-refractivity contribution in [3.05, 3.63) is 29.8 Å². The summed E-state index contributed by atoms with van der Waals surface area (Å²) in [6.45, 7) is 5.73. The summed E-state index contributed by atoms with van der Waals surface area (Å²) in [7, 11) is 0. The van der Waals surface area contributed by atoms with Crippen LogP contribution in [0.1, 0.15) is 25.8 Å². The van der Waals surface area contributed by atoms with Crippen LogP contribution >= 0.6 is 0 Å². The zero-order valence-electron chi connectivity index (χ0n) is 10.4. The first-order chi connectivity index (χ1) is 8.02.